The predicted octanol–water partition coefficient (Wildman–Crippen LogP) is 27.6. The molecule has 10 aromatic carbocycles. The molecule has 13 aromatic heterocycles. The van der Waals surface area contributed by atoms with Crippen molar-refractivity contribution in [3.63, 3.8) is 0 Å². The Kier molecular flexibility index (Phi) is 19.8. The van der Waals surface area contributed by atoms with Crippen molar-refractivity contribution in [2.45, 2.75) is 116 Å². The quantitative estimate of drug-likeness (QED) is 0.138. The lowest BCUT2D eigenvalue weighted by Gasteiger charge is -2.49. The summed E-state index contributed by atoms with van der Waals surface area (Å²) in [7, 11) is 0. The highest BCUT2D eigenvalue weighted by molar-refractivity contribution is 6.12. The van der Waals surface area contributed by atoms with Crippen molar-refractivity contribution >= 4 is 88.8 Å². The Bertz CT molecular complexity index is 9030. The van der Waals surface area contributed by atoms with Crippen LogP contribution < -0.4 is 9.80 Å². The minimum Gasteiger partial charge on any atom is -0.309 e. The van der Waals surface area contributed by atoms with E-state index in [1.807, 2.05) is 165 Å². The highest BCUT2D eigenvalue weighted by Crippen LogP contribution is 2.63. The van der Waals surface area contributed by atoms with Crippen molar-refractivity contribution < 1.29 is 0 Å². The average Bonchev–Trinajstić information content (AvgIpc) is 1.68. The number of fused-ring (bicyclic) bond motifs is 19. The zero-order valence-electron chi connectivity index (χ0n) is 82.1. The lowest BCUT2D eigenvalue weighted by molar-refractivity contribution is 0.580. The summed E-state index contributed by atoms with van der Waals surface area (Å²) in [6.45, 7) is 27.3. The molecule has 0 bridgehead atoms. The lowest BCUT2D eigenvalue weighted by Crippen LogP contribution is -2.38. The molecule has 0 aliphatic carbocycles. The molecule has 0 unspecified atom stereocenters. The van der Waals surface area contributed by atoms with Gasteiger partial charge < -0.3 is 14.4 Å². The first-order valence-corrected chi connectivity index (χ1v) is 49.1. The Labute approximate surface area is 838 Å². The molecule has 145 heavy (non-hydrogen) atoms. The molecule has 0 N–H and O–H groups in total. The summed E-state index contributed by atoms with van der Waals surface area (Å²) in [4.78, 5) is 80.9. The number of benzene rings is 10. The molecule has 6 aliphatic heterocycles. The molecular formula is C124H97N21. The van der Waals surface area contributed by atoms with Gasteiger partial charge in [-0.3, -0.25) is 49.0 Å². The van der Waals surface area contributed by atoms with Crippen LogP contribution in [0.5, 0.6) is 0 Å². The van der Waals surface area contributed by atoms with E-state index in [0.29, 0.717) is 34.7 Å². The van der Waals surface area contributed by atoms with E-state index in [4.69, 9.17) is 49.8 Å². The van der Waals surface area contributed by atoms with Crippen LogP contribution in [0.1, 0.15) is 150 Å². The molecule has 23 aromatic rings. The number of aromatic nitrogens is 19. The molecule has 0 radical (unpaired) electrons. The molecule has 19 heterocycles. The van der Waals surface area contributed by atoms with Crippen LogP contribution in [-0.2, 0) is 32.5 Å². The van der Waals surface area contributed by atoms with E-state index in [-0.39, 0.29) is 32.5 Å². The van der Waals surface area contributed by atoms with Crippen molar-refractivity contribution in [1.29, 1.82) is 0 Å². The standard InChI is InChI=1S/C38H31N5.C35H30N2.C30H21N7.C21H15N7/c1-37(2)27-17-11-12-18-31(27)43-32-20-19-26(21-28(32)38(3,4)30-23-39-22-29(37)33(30)43)36-41-34(24-13-7-5-8-14-24)40-35(42-36)25-15-9-6-10-16-25;1-34(2)27-19-20-36-33-32(27)37(30-17-15-25(21-28(30)34)23-11-7-5-8-12-23)31-18-16-26(22-29(31)35(33,3)4)24-13-9-6-10-14-24;1-30(2)21-16-32-15-20-19-14-31-13-12-23(19)37(26(20)21)25-17-33-28(35-27(25)30)29-34-22-10-6-7-11-24(22)36(29)18-8-4-3-5-9-18;1-21(2)14-9-24-8-13-12-7-22-4-3-17(12)28(18(13)14)20-19(21)27-16(11-26-20)15-10-23-5-6-25-15/h5-23H,1-4H3;5-22H,1-4H3;3-17H,1-2H3;3-11H,1-2H3. The molecule has 6 aliphatic rings. The number of para-hydroxylation sites is 4. The van der Waals surface area contributed by atoms with Crippen LogP contribution in [-0.4, -0.2) is 93.4 Å². The molecule has 0 saturated carbocycles. The van der Waals surface area contributed by atoms with Crippen LogP contribution in [0.4, 0.5) is 34.1 Å². The molecule has 21 heteroatoms. The summed E-state index contributed by atoms with van der Waals surface area (Å²) in [6.07, 6.45) is 30.0. The number of anilines is 6. The minimum absolute atomic E-state index is 0.152. The Hall–Kier alpha value is -18.0. The van der Waals surface area contributed by atoms with Crippen molar-refractivity contribution in [3.05, 3.63) is 439 Å². The van der Waals surface area contributed by atoms with E-state index in [9.17, 15) is 0 Å². The van der Waals surface area contributed by atoms with Gasteiger partial charge in [0.05, 0.1) is 109 Å². The van der Waals surface area contributed by atoms with E-state index < -0.39 is 0 Å². The van der Waals surface area contributed by atoms with Crippen molar-refractivity contribution in [2.24, 2.45) is 0 Å². The smallest absolute Gasteiger partial charge is 0.196 e. The molecule has 21 nitrogen and oxygen atoms in total. The third kappa shape index (κ3) is 13.5. The van der Waals surface area contributed by atoms with Gasteiger partial charge >= 0.3 is 0 Å². The normalized spacial score (nSPS) is 14.9. The summed E-state index contributed by atoms with van der Waals surface area (Å²) >= 11 is 0. The van der Waals surface area contributed by atoms with E-state index in [2.05, 4.69) is 313 Å². The van der Waals surface area contributed by atoms with Crippen molar-refractivity contribution in [1.82, 2.24) is 93.4 Å². The Morgan fingerprint density at radius 2 is 0.683 bits per heavy atom. The number of imidazole rings is 1. The van der Waals surface area contributed by atoms with Gasteiger partial charge in [-0.05, 0) is 183 Å². The molecule has 29 rings (SSSR count). The van der Waals surface area contributed by atoms with Gasteiger partial charge in [-0.1, -0.05) is 224 Å². The van der Waals surface area contributed by atoms with E-state index >= 15 is 0 Å². The topological polar surface area (TPSA) is 228 Å². The number of hydrogen-bond acceptors (Lipinski definition) is 18. The molecule has 0 amide bonds. The van der Waals surface area contributed by atoms with Crippen LogP contribution in [0.15, 0.2) is 372 Å². The summed E-state index contributed by atoms with van der Waals surface area (Å²) < 4.78 is 6.57. The van der Waals surface area contributed by atoms with Crippen LogP contribution >= 0.6 is 0 Å². The Morgan fingerprint density at radius 1 is 0.221 bits per heavy atom. The second kappa shape index (κ2) is 32.8. The number of rotatable bonds is 8. The fraction of sp³-hybridized carbons (Fsp3) is 0.145. The van der Waals surface area contributed by atoms with Gasteiger partial charge in [0.25, 0.3) is 0 Å². The average molecular weight is 1880 g/mol. The molecule has 0 fully saturated rings. The fourth-order valence-electron chi connectivity index (χ4n) is 23.0. The largest absolute Gasteiger partial charge is 0.309 e. The Balaban J connectivity index is 0.0000000993. The number of hydrogen-bond donors (Lipinski definition) is 0. The summed E-state index contributed by atoms with van der Waals surface area (Å²) in [5.74, 6) is 4.12. The van der Waals surface area contributed by atoms with Gasteiger partial charge in [-0.15, -0.1) is 0 Å². The molecule has 0 spiro atoms. The second-order valence-electron chi connectivity index (χ2n) is 41.2. The van der Waals surface area contributed by atoms with Crippen LogP contribution in [0.2, 0.25) is 0 Å². The van der Waals surface area contributed by atoms with Gasteiger partial charge in [-0.25, -0.2) is 39.9 Å². The maximum Gasteiger partial charge on any atom is 0.196 e. The van der Waals surface area contributed by atoms with Gasteiger partial charge in [0.15, 0.2) is 34.9 Å². The van der Waals surface area contributed by atoms with E-state index in [1.165, 1.54) is 95.3 Å². The summed E-state index contributed by atoms with van der Waals surface area (Å²) in [5.41, 5.74) is 37.6. The minimum atomic E-state index is -0.388. The first-order valence-electron chi connectivity index (χ1n) is 49.1. The van der Waals surface area contributed by atoms with Gasteiger partial charge in [0, 0.05) is 179 Å². The van der Waals surface area contributed by atoms with Crippen molar-refractivity contribution in [3.8, 4) is 96.6 Å². The summed E-state index contributed by atoms with van der Waals surface area (Å²) in [5, 5.41) is 4.31. The Morgan fingerprint density at radius 3 is 1.28 bits per heavy atom. The number of pyridine rings is 6. The van der Waals surface area contributed by atoms with E-state index in [0.717, 1.165) is 123 Å². The van der Waals surface area contributed by atoms with Crippen LogP contribution in [0, 0.1) is 0 Å². The third-order valence-corrected chi connectivity index (χ3v) is 30.7. The lowest BCUT2D eigenvalue weighted by atomic mass is 9.67. The molecule has 0 saturated heterocycles. The second-order valence-corrected chi connectivity index (χ2v) is 41.2. The zero-order valence-corrected chi connectivity index (χ0v) is 82.1. The highest BCUT2D eigenvalue weighted by atomic mass is 15.2. The maximum atomic E-state index is 5.23. The van der Waals surface area contributed by atoms with Gasteiger partial charge in [0.1, 0.15) is 11.4 Å². The van der Waals surface area contributed by atoms with Crippen LogP contribution in [0.25, 0.3) is 151 Å². The van der Waals surface area contributed by atoms with Gasteiger partial charge in [0.2, 0.25) is 0 Å². The third-order valence-electron chi connectivity index (χ3n) is 30.7. The monoisotopic (exact) mass is 1880 g/mol. The van der Waals surface area contributed by atoms with Gasteiger partial charge in [-0.2, -0.15) is 0 Å². The molecular weight excluding hydrogens is 1780 g/mol. The van der Waals surface area contributed by atoms with Crippen LogP contribution in [0.3, 0.4) is 0 Å². The first-order chi connectivity index (χ1) is 70.5. The maximum absolute atomic E-state index is 5.23. The fourth-order valence-corrected chi connectivity index (χ4v) is 23.0. The molecule has 698 valence electrons. The summed E-state index contributed by atoms with van der Waals surface area (Å²) in [6, 6.07) is 95.6. The number of nitrogens with zero attached hydrogens (tertiary/aromatic N) is 21. The molecule has 0 atom stereocenters. The van der Waals surface area contributed by atoms with Crippen molar-refractivity contribution in [2.75, 3.05) is 9.80 Å². The highest BCUT2D eigenvalue weighted by Gasteiger charge is 2.50. The predicted molar refractivity (Wildman–Crippen MR) is 576 cm³/mol. The first kappa shape index (κ1) is 87.3. The van der Waals surface area contributed by atoms with E-state index in [1.54, 1.807) is 31.0 Å². The SMILES string of the molecule is CC1(C)c2cc(-c3ccccc3)ccc2N2c3ccc(-c4ccccc4)cc3C(C)(C)c3nccc1c32.CC1(C)c2ccccc2N2c3ccc(-c4nc(-c5ccccc5)nc(-c5ccccc5)n4)cc3C(C)(C)c3cncc1c32.CC1(C)c2nc(-c3cnccn3)cnc2-n2c3ccncc3c3cncc1c32.CC1(C)c2nc(-c3nc4ccccc4n3-c3ccccc3)ncc2-n2c3ccncc3c3cncc1c32. The zero-order chi connectivity index (χ0) is 98.3.